The van der Waals surface area contributed by atoms with Crippen LogP contribution in [0.5, 0.6) is 0 Å². The number of rotatable bonds is 8. The highest BCUT2D eigenvalue weighted by atomic mass is 32.1. The Kier molecular flexibility index (Phi) is 5.54. The lowest BCUT2D eigenvalue weighted by atomic mass is 10.2. The van der Waals surface area contributed by atoms with Gasteiger partial charge in [-0.1, -0.05) is 32.6 Å². The van der Waals surface area contributed by atoms with Crippen LogP contribution in [0.15, 0.2) is 11.4 Å². The molecule has 0 atom stereocenters. The summed E-state index contributed by atoms with van der Waals surface area (Å²) in [6, 6.07) is 1.95. The smallest absolute Gasteiger partial charge is 0.158 e. The topological polar surface area (TPSA) is 61.0 Å². The third kappa shape index (κ3) is 4.14. The van der Waals surface area contributed by atoms with E-state index in [4.69, 9.17) is 10.5 Å². The van der Waals surface area contributed by atoms with Crippen molar-refractivity contribution >= 4 is 27.4 Å². The molecule has 0 fully saturated rings. The SMILES string of the molecule is CCCCCCCOCc1nc(N)c2ccsc2n1. The molecule has 0 saturated heterocycles. The molecule has 2 aromatic heterocycles. The van der Waals surface area contributed by atoms with Gasteiger partial charge in [-0.3, -0.25) is 0 Å². The fourth-order valence-corrected chi connectivity index (χ4v) is 2.75. The molecular weight excluding hydrogens is 258 g/mol. The predicted molar refractivity (Wildman–Crippen MR) is 80.2 cm³/mol. The van der Waals surface area contributed by atoms with Crippen LogP contribution < -0.4 is 5.73 Å². The Labute approximate surface area is 118 Å². The first-order valence-electron chi connectivity index (χ1n) is 6.88. The van der Waals surface area contributed by atoms with Crippen molar-refractivity contribution in [2.24, 2.45) is 0 Å². The summed E-state index contributed by atoms with van der Waals surface area (Å²) in [5, 5.41) is 2.92. The Morgan fingerprint density at radius 1 is 1.21 bits per heavy atom. The Morgan fingerprint density at radius 3 is 2.89 bits per heavy atom. The van der Waals surface area contributed by atoms with Gasteiger partial charge in [0.15, 0.2) is 5.82 Å². The average Bonchev–Trinajstić information content (AvgIpc) is 2.86. The molecule has 0 amide bonds. The lowest BCUT2D eigenvalue weighted by Crippen LogP contribution is -2.03. The molecule has 0 aliphatic carbocycles. The average molecular weight is 279 g/mol. The van der Waals surface area contributed by atoms with E-state index in [-0.39, 0.29) is 0 Å². The molecule has 0 unspecified atom stereocenters. The van der Waals surface area contributed by atoms with Crippen LogP contribution in [-0.2, 0) is 11.3 Å². The van der Waals surface area contributed by atoms with Gasteiger partial charge in [-0.05, 0) is 17.9 Å². The second-order valence-corrected chi connectivity index (χ2v) is 5.53. The van der Waals surface area contributed by atoms with Gasteiger partial charge in [-0.2, -0.15) is 0 Å². The molecule has 2 heterocycles. The summed E-state index contributed by atoms with van der Waals surface area (Å²) in [6.07, 6.45) is 6.23. The number of anilines is 1. The molecule has 19 heavy (non-hydrogen) atoms. The zero-order chi connectivity index (χ0) is 13.5. The van der Waals surface area contributed by atoms with Gasteiger partial charge in [0.1, 0.15) is 17.3 Å². The van der Waals surface area contributed by atoms with E-state index >= 15 is 0 Å². The van der Waals surface area contributed by atoms with Crippen LogP contribution in [0.2, 0.25) is 0 Å². The first kappa shape index (κ1) is 14.2. The number of ether oxygens (including phenoxy) is 1. The number of nitrogens with zero attached hydrogens (tertiary/aromatic N) is 2. The standard InChI is InChI=1S/C14H21N3OS/c1-2-3-4-5-6-8-18-10-12-16-13(15)11-7-9-19-14(11)17-12/h7,9H,2-6,8,10H2,1H3,(H2,15,16,17). The Balaban J connectivity index is 1.75. The quantitative estimate of drug-likeness (QED) is 0.747. The fourth-order valence-electron chi connectivity index (χ4n) is 1.96. The van der Waals surface area contributed by atoms with Crippen LogP contribution in [-0.4, -0.2) is 16.6 Å². The zero-order valence-electron chi connectivity index (χ0n) is 11.4. The van der Waals surface area contributed by atoms with Crippen molar-refractivity contribution in [1.82, 2.24) is 9.97 Å². The number of fused-ring (bicyclic) bond motifs is 1. The molecular formula is C14H21N3OS. The van der Waals surface area contributed by atoms with Crippen LogP contribution in [0.25, 0.3) is 10.2 Å². The third-order valence-corrected chi connectivity index (χ3v) is 3.83. The van der Waals surface area contributed by atoms with Crippen LogP contribution in [0.1, 0.15) is 44.9 Å². The highest BCUT2D eigenvalue weighted by molar-refractivity contribution is 7.16. The third-order valence-electron chi connectivity index (χ3n) is 3.02. The maximum Gasteiger partial charge on any atom is 0.158 e. The van der Waals surface area contributed by atoms with Gasteiger partial charge in [0, 0.05) is 6.61 Å². The predicted octanol–water partition coefficient (Wildman–Crippen LogP) is 3.76. The van der Waals surface area contributed by atoms with E-state index in [0.29, 0.717) is 18.2 Å². The molecule has 2 N–H and O–H groups in total. The van der Waals surface area contributed by atoms with Crippen molar-refractivity contribution < 1.29 is 4.74 Å². The van der Waals surface area contributed by atoms with Crippen molar-refractivity contribution in [3.8, 4) is 0 Å². The summed E-state index contributed by atoms with van der Waals surface area (Å²) in [7, 11) is 0. The van der Waals surface area contributed by atoms with Gasteiger partial charge in [0.05, 0.1) is 5.39 Å². The number of hydrogen-bond donors (Lipinski definition) is 1. The molecule has 2 aromatic rings. The zero-order valence-corrected chi connectivity index (χ0v) is 12.2. The van der Waals surface area contributed by atoms with Crippen molar-refractivity contribution in [1.29, 1.82) is 0 Å². The minimum atomic E-state index is 0.450. The molecule has 2 rings (SSSR count). The van der Waals surface area contributed by atoms with Gasteiger partial charge in [0.2, 0.25) is 0 Å². The Morgan fingerprint density at radius 2 is 2.05 bits per heavy atom. The van der Waals surface area contributed by atoms with Crippen molar-refractivity contribution in [3.05, 3.63) is 17.3 Å². The van der Waals surface area contributed by atoms with E-state index in [9.17, 15) is 0 Å². The number of aromatic nitrogens is 2. The summed E-state index contributed by atoms with van der Waals surface area (Å²) in [5.74, 6) is 1.23. The molecule has 0 aliphatic rings. The largest absolute Gasteiger partial charge is 0.383 e. The molecule has 0 spiro atoms. The molecule has 5 heteroatoms. The number of hydrogen-bond acceptors (Lipinski definition) is 5. The number of thiophene rings is 1. The Bertz CT molecular complexity index is 512. The van der Waals surface area contributed by atoms with Gasteiger partial charge in [0.25, 0.3) is 0 Å². The van der Waals surface area contributed by atoms with E-state index in [2.05, 4.69) is 16.9 Å². The van der Waals surface area contributed by atoms with Crippen molar-refractivity contribution in [2.45, 2.75) is 45.6 Å². The molecule has 4 nitrogen and oxygen atoms in total. The highest BCUT2D eigenvalue weighted by Gasteiger charge is 2.06. The Hall–Kier alpha value is -1.20. The monoisotopic (exact) mass is 279 g/mol. The van der Waals surface area contributed by atoms with Gasteiger partial charge in [-0.15, -0.1) is 11.3 Å². The molecule has 0 aromatic carbocycles. The van der Waals surface area contributed by atoms with Gasteiger partial charge >= 0.3 is 0 Å². The number of nitrogens with two attached hydrogens (primary N) is 1. The lowest BCUT2D eigenvalue weighted by molar-refractivity contribution is 0.112. The fraction of sp³-hybridized carbons (Fsp3) is 0.571. The van der Waals surface area contributed by atoms with Crippen LogP contribution in [0, 0.1) is 0 Å². The highest BCUT2D eigenvalue weighted by Crippen LogP contribution is 2.22. The van der Waals surface area contributed by atoms with Crippen LogP contribution in [0.3, 0.4) is 0 Å². The number of unbranched alkanes of at least 4 members (excludes halogenated alkanes) is 4. The first-order valence-corrected chi connectivity index (χ1v) is 7.76. The molecule has 104 valence electrons. The van der Waals surface area contributed by atoms with Crippen molar-refractivity contribution in [2.75, 3.05) is 12.3 Å². The normalized spacial score (nSPS) is 11.2. The minimum Gasteiger partial charge on any atom is -0.383 e. The summed E-state index contributed by atoms with van der Waals surface area (Å²) in [6.45, 7) is 3.44. The maximum absolute atomic E-state index is 5.89. The minimum absolute atomic E-state index is 0.450. The van der Waals surface area contributed by atoms with Gasteiger partial charge < -0.3 is 10.5 Å². The second kappa shape index (κ2) is 7.40. The second-order valence-electron chi connectivity index (χ2n) is 4.63. The number of nitrogen functional groups attached to an aromatic ring is 1. The van der Waals surface area contributed by atoms with E-state index in [1.165, 1.54) is 25.7 Å². The first-order chi connectivity index (χ1) is 9.31. The lowest BCUT2D eigenvalue weighted by Gasteiger charge is -2.04. The van der Waals surface area contributed by atoms with Crippen molar-refractivity contribution in [3.63, 3.8) is 0 Å². The van der Waals surface area contributed by atoms with E-state index in [0.717, 1.165) is 23.2 Å². The summed E-state index contributed by atoms with van der Waals surface area (Å²) >= 11 is 1.58. The van der Waals surface area contributed by atoms with E-state index in [1.54, 1.807) is 11.3 Å². The summed E-state index contributed by atoms with van der Waals surface area (Å²) in [4.78, 5) is 9.65. The molecule has 0 aliphatic heterocycles. The van der Waals surface area contributed by atoms with E-state index < -0.39 is 0 Å². The molecule has 0 bridgehead atoms. The molecule has 0 saturated carbocycles. The maximum atomic E-state index is 5.89. The van der Waals surface area contributed by atoms with E-state index in [1.807, 2.05) is 11.4 Å². The summed E-state index contributed by atoms with van der Waals surface area (Å²) < 4.78 is 5.60. The van der Waals surface area contributed by atoms with Gasteiger partial charge in [-0.25, -0.2) is 9.97 Å². The summed E-state index contributed by atoms with van der Waals surface area (Å²) in [5.41, 5.74) is 5.89. The van der Waals surface area contributed by atoms with Crippen LogP contribution in [0.4, 0.5) is 5.82 Å². The molecule has 0 radical (unpaired) electrons. The van der Waals surface area contributed by atoms with Crippen LogP contribution >= 0.6 is 11.3 Å².